The van der Waals surface area contributed by atoms with Gasteiger partial charge in [0.2, 0.25) is 11.8 Å². The first-order chi connectivity index (χ1) is 11.0. The Morgan fingerprint density at radius 3 is 2.12 bits per heavy atom. The van der Waals surface area contributed by atoms with Gasteiger partial charge in [-0.15, -0.1) is 0 Å². The van der Waals surface area contributed by atoms with Crippen molar-refractivity contribution >= 4 is 19.9 Å². The lowest BCUT2D eigenvalue weighted by molar-refractivity contribution is -0.244. The van der Waals surface area contributed by atoms with E-state index in [2.05, 4.69) is 30.3 Å². The van der Waals surface area contributed by atoms with E-state index in [1.807, 2.05) is 0 Å². The van der Waals surface area contributed by atoms with Gasteiger partial charge in [-0.2, -0.15) is 0 Å². The first-order valence-electron chi connectivity index (χ1n) is 8.15. The molecular formula is C15H30N2O6Si. The molecule has 24 heavy (non-hydrogen) atoms. The van der Waals surface area contributed by atoms with E-state index >= 15 is 0 Å². The molecule has 0 bridgehead atoms. The third-order valence-electron chi connectivity index (χ3n) is 3.79. The molecule has 4 N–H and O–H groups in total. The molecule has 1 aliphatic heterocycles. The highest BCUT2D eigenvalue weighted by molar-refractivity contribution is 6.76. The van der Waals surface area contributed by atoms with Gasteiger partial charge in [-0.1, -0.05) is 19.6 Å². The molecule has 140 valence electrons. The maximum absolute atomic E-state index is 11.5. The maximum atomic E-state index is 11.5. The Morgan fingerprint density at radius 1 is 1.12 bits per heavy atom. The molecule has 0 spiro atoms. The summed E-state index contributed by atoms with van der Waals surface area (Å²) in [5.41, 5.74) is 0. The predicted octanol–water partition coefficient (Wildman–Crippen LogP) is -0.571. The van der Waals surface area contributed by atoms with Crippen molar-refractivity contribution in [2.24, 2.45) is 0 Å². The van der Waals surface area contributed by atoms with Crippen molar-refractivity contribution < 1.29 is 29.3 Å². The van der Waals surface area contributed by atoms with Gasteiger partial charge < -0.3 is 30.3 Å². The summed E-state index contributed by atoms with van der Waals surface area (Å²) >= 11 is 0. The van der Waals surface area contributed by atoms with Gasteiger partial charge in [0, 0.05) is 28.5 Å². The molecule has 1 fully saturated rings. The summed E-state index contributed by atoms with van der Waals surface area (Å²) in [6.07, 6.45) is -2.84. The molecular weight excluding hydrogens is 332 g/mol. The second kappa shape index (κ2) is 8.91. The molecule has 2 unspecified atom stereocenters. The molecule has 1 saturated heterocycles. The Labute approximate surface area is 143 Å². The quantitative estimate of drug-likeness (QED) is 0.451. The van der Waals surface area contributed by atoms with Crippen LogP contribution in [0.5, 0.6) is 0 Å². The third kappa shape index (κ3) is 6.48. The number of hydrogen-bond donors (Lipinski definition) is 4. The van der Waals surface area contributed by atoms with Crippen molar-refractivity contribution in [3.05, 3.63) is 0 Å². The summed E-state index contributed by atoms with van der Waals surface area (Å²) in [6, 6.07) is -0.765. The number of ether oxygens (including phenoxy) is 2. The first-order valence-corrected chi connectivity index (χ1v) is 11.9. The Hall–Kier alpha value is -1.00. The molecule has 9 heteroatoms. The maximum Gasteiger partial charge on any atom is 0.217 e. The number of aliphatic hydroxyl groups is 2. The molecule has 8 nitrogen and oxygen atoms in total. The van der Waals surface area contributed by atoms with Gasteiger partial charge in [-0.25, -0.2) is 0 Å². The number of carbonyl (C=O) groups is 2. The average molecular weight is 362 g/mol. The van der Waals surface area contributed by atoms with Crippen LogP contribution < -0.4 is 10.6 Å². The molecule has 0 radical (unpaired) electrons. The highest BCUT2D eigenvalue weighted by Crippen LogP contribution is 2.23. The second-order valence-electron chi connectivity index (χ2n) is 7.35. The van der Waals surface area contributed by atoms with E-state index in [0.717, 1.165) is 6.04 Å². The van der Waals surface area contributed by atoms with Gasteiger partial charge >= 0.3 is 0 Å². The Kier molecular flexibility index (Phi) is 7.81. The van der Waals surface area contributed by atoms with Gasteiger partial charge in [-0.05, 0) is 6.04 Å². The topological polar surface area (TPSA) is 117 Å². The van der Waals surface area contributed by atoms with E-state index in [1.165, 1.54) is 13.8 Å². The fourth-order valence-corrected chi connectivity index (χ4v) is 3.26. The highest BCUT2D eigenvalue weighted by Gasteiger charge is 2.46. The van der Waals surface area contributed by atoms with Gasteiger partial charge in [-0.3, -0.25) is 9.59 Å². The zero-order chi connectivity index (χ0) is 18.5. The zero-order valence-electron chi connectivity index (χ0n) is 15.0. The number of nitrogens with one attached hydrogen (secondary N) is 2. The van der Waals surface area contributed by atoms with Crippen molar-refractivity contribution in [2.75, 3.05) is 13.2 Å². The van der Waals surface area contributed by atoms with Crippen molar-refractivity contribution in [1.29, 1.82) is 0 Å². The van der Waals surface area contributed by atoms with Crippen molar-refractivity contribution in [3.63, 3.8) is 0 Å². The Bertz CT molecular complexity index is 442. The minimum Gasteiger partial charge on any atom is -0.394 e. The Balaban J connectivity index is 2.87. The molecule has 2 amide bonds. The number of aliphatic hydroxyl groups excluding tert-OH is 2. The van der Waals surface area contributed by atoms with Crippen molar-refractivity contribution in [1.82, 2.24) is 10.6 Å². The van der Waals surface area contributed by atoms with E-state index < -0.39 is 38.7 Å². The second-order valence-corrected chi connectivity index (χ2v) is 13.0. The van der Waals surface area contributed by atoms with Crippen LogP contribution in [0.1, 0.15) is 13.8 Å². The van der Waals surface area contributed by atoms with Crippen LogP contribution in [0.25, 0.3) is 0 Å². The molecule has 5 atom stereocenters. The minimum absolute atomic E-state index is 0.342. The lowest BCUT2D eigenvalue weighted by Crippen LogP contribution is -2.68. The van der Waals surface area contributed by atoms with Gasteiger partial charge in [0.25, 0.3) is 0 Å². The van der Waals surface area contributed by atoms with E-state index in [-0.39, 0.29) is 18.4 Å². The van der Waals surface area contributed by atoms with Crippen molar-refractivity contribution in [2.45, 2.75) is 70.1 Å². The lowest BCUT2D eigenvalue weighted by Gasteiger charge is -2.44. The SMILES string of the molecule is CC(=O)N[C@@H]1C(CO)O[C@@H](OCC[Si](C)(C)C)[C@H](NC(C)=O)C1O. The van der Waals surface area contributed by atoms with Crippen LogP contribution in [-0.2, 0) is 19.1 Å². The standard InChI is InChI=1S/C15H30N2O6Si/c1-9(19)16-12-11(8-18)23-15(22-6-7-24(3,4)5)13(14(12)21)17-10(2)20/h11-15,18,21H,6-8H2,1-5H3,(H,16,19)(H,17,20)/t11?,12-,13-,14?,15-/m1/s1. The molecule has 0 aromatic carbocycles. The number of rotatable bonds is 7. The van der Waals surface area contributed by atoms with Crippen LogP contribution in [-0.4, -0.2) is 73.9 Å². The van der Waals surface area contributed by atoms with Crippen LogP contribution in [0, 0.1) is 0 Å². The molecule has 0 saturated carbocycles. The molecule has 1 aliphatic rings. The number of carbonyl (C=O) groups excluding carboxylic acids is 2. The molecule has 0 aliphatic carbocycles. The van der Waals surface area contributed by atoms with Crippen molar-refractivity contribution in [3.8, 4) is 0 Å². The van der Waals surface area contributed by atoms with Gasteiger partial charge in [0.1, 0.15) is 18.2 Å². The van der Waals surface area contributed by atoms with Gasteiger partial charge in [0.15, 0.2) is 6.29 Å². The molecule has 0 aromatic rings. The fourth-order valence-electron chi connectivity index (χ4n) is 2.53. The average Bonchev–Trinajstić information content (AvgIpc) is 2.43. The van der Waals surface area contributed by atoms with E-state index in [9.17, 15) is 19.8 Å². The monoisotopic (exact) mass is 362 g/mol. The normalized spacial score (nSPS) is 30.7. The van der Waals surface area contributed by atoms with Crippen LogP contribution in [0.3, 0.4) is 0 Å². The van der Waals surface area contributed by atoms with E-state index in [4.69, 9.17) is 9.47 Å². The zero-order valence-corrected chi connectivity index (χ0v) is 16.0. The molecule has 0 aromatic heterocycles. The Morgan fingerprint density at radius 2 is 1.67 bits per heavy atom. The smallest absolute Gasteiger partial charge is 0.217 e. The predicted molar refractivity (Wildman–Crippen MR) is 91.1 cm³/mol. The van der Waals surface area contributed by atoms with Gasteiger partial charge in [0.05, 0.1) is 12.6 Å². The fraction of sp³-hybridized carbons (Fsp3) is 0.867. The lowest BCUT2D eigenvalue weighted by atomic mass is 9.94. The summed E-state index contributed by atoms with van der Waals surface area (Å²) in [5.74, 6) is -0.703. The number of amides is 2. The van der Waals surface area contributed by atoms with Crippen LogP contribution in [0.15, 0.2) is 0 Å². The summed E-state index contributed by atoms with van der Waals surface area (Å²) < 4.78 is 11.4. The number of hydrogen-bond acceptors (Lipinski definition) is 6. The van der Waals surface area contributed by atoms with Crippen LogP contribution in [0.2, 0.25) is 25.7 Å². The first kappa shape index (κ1) is 21.0. The van der Waals surface area contributed by atoms with E-state index in [1.54, 1.807) is 0 Å². The summed E-state index contributed by atoms with van der Waals surface area (Å²) in [4.78, 5) is 22.8. The van der Waals surface area contributed by atoms with Crippen LogP contribution >= 0.6 is 0 Å². The molecule has 1 rings (SSSR count). The largest absolute Gasteiger partial charge is 0.394 e. The van der Waals surface area contributed by atoms with Crippen LogP contribution in [0.4, 0.5) is 0 Å². The third-order valence-corrected chi connectivity index (χ3v) is 5.50. The van der Waals surface area contributed by atoms with E-state index in [0.29, 0.717) is 6.61 Å². The summed E-state index contributed by atoms with van der Waals surface area (Å²) in [7, 11) is -1.31. The highest BCUT2D eigenvalue weighted by atomic mass is 28.3. The summed E-state index contributed by atoms with van der Waals surface area (Å²) in [5, 5.41) is 25.3. The summed E-state index contributed by atoms with van der Waals surface area (Å²) in [6.45, 7) is 9.32. The minimum atomic E-state index is -1.31. The molecule has 1 heterocycles.